The number of nitrogens with one attached hydrogen (secondary N) is 1. The lowest BCUT2D eigenvalue weighted by Crippen LogP contribution is -2.27. The lowest BCUT2D eigenvalue weighted by atomic mass is 9.80. The van der Waals surface area contributed by atoms with Crippen LogP contribution in [0.2, 0.25) is 0 Å². The topological polar surface area (TPSA) is 12.0 Å². The average Bonchev–Trinajstić information content (AvgIpc) is 2.20. The van der Waals surface area contributed by atoms with Crippen LogP contribution in [0.25, 0.3) is 0 Å². The quantitative estimate of drug-likeness (QED) is 0.746. The fourth-order valence-corrected chi connectivity index (χ4v) is 2.49. The van der Waals surface area contributed by atoms with Crippen LogP contribution in [0, 0.1) is 11.8 Å². The van der Waals surface area contributed by atoms with E-state index < -0.39 is 5.92 Å². The lowest BCUT2D eigenvalue weighted by Gasteiger charge is -2.30. The van der Waals surface area contributed by atoms with Crippen molar-refractivity contribution in [1.82, 2.24) is 5.32 Å². The minimum absolute atomic E-state index is 0.105. The monoisotopic (exact) mass is 219 g/mol. The van der Waals surface area contributed by atoms with E-state index in [1.807, 2.05) is 7.05 Å². The van der Waals surface area contributed by atoms with Gasteiger partial charge in [-0.3, -0.25) is 0 Å². The Hall–Kier alpha value is -0.180. The summed E-state index contributed by atoms with van der Waals surface area (Å²) in [4.78, 5) is 0. The molecule has 0 aliphatic heterocycles. The zero-order chi connectivity index (χ0) is 11.3. The first-order valence-corrected chi connectivity index (χ1v) is 6.10. The standard InChI is InChI=1S/C12H23F2N/c1-3-10(9-15-2)8-11-4-6-12(13,14)7-5-11/h10-11,15H,3-9H2,1-2H3/t10-/m0/s1. The van der Waals surface area contributed by atoms with E-state index in [-0.39, 0.29) is 12.8 Å². The van der Waals surface area contributed by atoms with Crippen LogP contribution in [0.1, 0.15) is 45.4 Å². The van der Waals surface area contributed by atoms with Crippen molar-refractivity contribution in [1.29, 1.82) is 0 Å². The van der Waals surface area contributed by atoms with Crippen LogP contribution in [0.3, 0.4) is 0 Å². The molecule has 0 unspecified atom stereocenters. The van der Waals surface area contributed by atoms with E-state index in [2.05, 4.69) is 12.2 Å². The van der Waals surface area contributed by atoms with Gasteiger partial charge in [0.1, 0.15) is 0 Å². The highest BCUT2D eigenvalue weighted by atomic mass is 19.3. The molecule has 1 rings (SSSR count). The molecule has 1 saturated carbocycles. The average molecular weight is 219 g/mol. The maximum Gasteiger partial charge on any atom is 0.248 e. The second-order valence-corrected chi connectivity index (χ2v) is 4.87. The molecule has 0 aromatic rings. The molecule has 0 aromatic carbocycles. The molecule has 0 spiro atoms. The Morgan fingerprint density at radius 1 is 1.33 bits per heavy atom. The van der Waals surface area contributed by atoms with Crippen LogP contribution in [0.5, 0.6) is 0 Å². The smallest absolute Gasteiger partial charge is 0.248 e. The minimum Gasteiger partial charge on any atom is -0.319 e. The molecule has 0 radical (unpaired) electrons. The van der Waals surface area contributed by atoms with Gasteiger partial charge in [0, 0.05) is 12.8 Å². The molecule has 0 aromatic heterocycles. The highest BCUT2D eigenvalue weighted by Gasteiger charge is 2.35. The first-order valence-electron chi connectivity index (χ1n) is 6.10. The van der Waals surface area contributed by atoms with Crippen molar-refractivity contribution in [3.05, 3.63) is 0 Å². The molecule has 0 saturated heterocycles. The van der Waals surface area contributed by atoms with E-state index in [1.165, 1.54) is 0 Å². The van der Waals surface area contributed by atoms with Gasteiger partial charge in [-0.1, -0.05) is 13.3 Å². The lowest BCUT2D eigenvalue weighted by molar-refractivity contribution is -0.0480. The van der Waals surface area contributed by atoms with Crippen molar-refractivity contribution < 1.29 is 8.78 Å². The second-order valence-electron chi connectivity index (χ2n) is 4.87. The molecule has 1 N–H and O–H groups in total. The molecular formula is C12H23F2N. The van der Waals surface area contributed by atoms with Gasteiger partial charge in [0.05, 0.1) is 0 Å². The van der Waals surface area contributed by atoms with Gasteiger partial charge in [0.15, 0.2) is 0 Å². The third kappa shape index (κ3) is 4.45. The summed E-state index contributed by atoms with van der Waals surface area (Å²) in [5.74, 6) is -1.18. The summed E-state index contributed by atoms with van der Waals surface area (Å²) in [6, 6.07) is 0. The maximum atomic E-state index is 12.9. The summed E-state index contributed by atoms with van der Waals surface area (Å²) >= 11 is 0. The summed E-state index contributed by atoms with van der Waals surface area (Å²) < 4.78 is 25.9. The Kier molecular flexibility index (Phi) is 4.97. The molecule has 90 valence electrons. The van der Waals surface area contributed by atoms with Gasteiger partial charge >= 0.3 is 0 Å². The fourth-order valence-electron chi connectivity index (χ4n) is 2.49. The molecule has 1 atom stereocenters. The SMILES string of the molecule is CC[C@H](CNC)CC1CCC(F)(F)CC1. The number of halogens is 2. The Morgan fingerprint density at radius 3 is 2.40 bits per heavy atom. The van der Waals surface area contributed by atoms with Gasteiger partial charge in [0.2, 0.25) is 5.92 Å². The normalized spacial score (nSPS) is 24.0. The van der Waals surface area contributed by atoms with E-state index >= 15 is 0 Å². The third-order valence-electron chi connectivity index (χ3n) is 3.57. The number of hydrogen-bond donors (Lipinski definition) is 1. The number of hydrogen-bond acceptors (Lipinski definition) is 1. The highest BCUT2D eigenvalue weighted by Crippen LogP contribution is 2.38. The zero-order valence-electron chi connectivity index (χ0n) is 9.86. The largest absolute Gasteiger partial charge is 0.319 e. The summed E-state index contributed by atoms with van der Waals surface area (Å²) in [6.45, 7) is 3.20. The predicted molar refractivity (Wildman–Crippen MR) is 59.2 cm³/mol. The van der Waals surface area contributed by atoms with Crippen molar-refractivity contribution in [2.45, 2.75) is 51.4 Å². The van der Waals surface area contributed by atoms with Crippen LogP contribution in [-0.4, -0.2) is 19.5 Å². The predicted octanol–water partition coefficient (Wildman–Crippen LogP) is 3.45. The number of rotatable bonds is 5. The van der Waals surface area contributed by atoms with Crippen molar-refractivity contribution in [3.63, 3.8) is 0 Å². The maximum absolute atomic E-state index is 12.9. The van der Waals surface area contributed by atoms with Gasteiger partial charge in [-0.05, 0) is 44.7 Å². The molecule has 3 heteroatoms. The molecule has 15 heavy (non-hydrogen) atoms. The molecular weight excluding hydrogens is 196 g/mol. The molecule has 1 aliphatic carbocycles. The van der Waals surface area contributed by atoms with Gasteiger partial charge in [0.25, 0.3) is 0 Å². The van der Waals surface area contributed by atoms with Crippen molar-refractivity contribution in [2.75, 3.05) is 13.6 Å². The van der Waals surface area contributed by atoms with E-state index in [0.29, 0.717) is 24.7 Å². The first kappa shape index (κ1) is 12.9. The molecule has 0 amide bonds. The molecule has 0 heterocycles. The summed E-state index contributed by atoms with van der Waals surface area (Å²) in [6.07, 6.45) is 3.91. The summed E-state index contributed by atoms with van der Waals surface area (Å²) in [5, 5.41) is 3.18. The van der Waals surface area contributed by atoms with Crippen LogP contribution < -0.4 is 5.32 Å². The third-order valence-corrected chi connectivity index (χ3v) is 3.57. The van der Waals surface area contributed by atoms with Gasteiger partial charge in [-0.15, -0.1) is 0 Å². The van der Waals surface area contributed by atoms with Crippen molar-refractivity contribution in [3.8, 4) is 0 Å². The fraction of sp³-hybridized carbons (Fsp3) is 1.00. The Bertz CT molecular complexity index is 172. The van der Waals surface area contributed by atoms with Crippen molar-refractivity contribution in [2.24, 2.45) is 11.8 Å². The van der Waals surface area contributed by atoms with Gasteiger partial charge < -0.3 is 5.32 Å². The van der Waals surface area contributed by atoms with E-state index in [9.17, 15) is 8.78 Å². The van der Waals surface area contributed by atoms with Crippen LogP contribution in [0.15, 0.2) is 0 Å². The summed E-state index contributed by atoms with van der Waals surface area (Å²) in [5.41, 5.74) is 0. The van der Waals surface area contributed by atoms with Crippen LogP contribution in [-0.2, 0) is 0 Å². The van der Waals surface area contributed by atoms with Crippen LogP contribution >= 0.6 is 0 Å². The van der Waals surface area contributed by atoms with Crippen molar-refractivity contribution >= 4 is 0 Å². The molecule has 1 aliphatic rings. The summed E-state index contributed by atoms with van der Waals surface area (Å²) in [7, 11) is 1.96. The molecule has 1 fully saturated rings. The Morgan fingerprint density at radius 2 is 1.93 bits per heavy atom. The zero-order valence-corrected chi connectivity index (χ0v) is 9.86. The molecule has 1 nitrogen and oxygen atoms in total. The molecule has 0 bridgehead atoms. The minimum atomic E-state index is -2.37. The Labute approximate surface area is 91.6 Å². The highest BCUT2D eigenvalue weighted by molar-refractivity contribution is 4.79. The van der Waals surface area contributed by atoms with E-state index in [1.54, 1.807) is 0 Å². The van der Waals surface area contributed by atoms with E-state index in [0.717, 1.165) is 19.4 Å². The number of alkyl halides is 2. The van der Waals surface area contributed by atoms with Crippen LogP contribution in [0.4, 0.5) is 8.78 Å². The Balaban J connectivity index is 2.28. The first-order chi connectivity index (χ1) is 7.07. The van der Waals surface area contributed by atoms with Gasteiger partial charge in [-0.25, -0.2) is 8.78 Å². The van der Waals surface area contributed by atoms with E-state index in [4.69, 9.17) is 0 Å². The second kappa shape index (κ2) is 5.78. The van der Waals surface area contributed by atoms with Gasteiger partial charge in [-0.2, -0.15) is 0 Å².